The Morgan fingerprint density at radius 3 is 2.22 bits per heavy atom. The van der Waals surface area contributed by atoms with Crippen LogP contribution >= 0.6 is 0 Å². The van der Waals surface area contributed by atoms with E-state index in [1.165, 1.54) is 6.07 Å². The van der Waals surface area contributed by atoms with Gasteiger partial charge in [-0.2, -0.15) is 19.3 Å². The summed E-state index contributed by atoms with van der Waals surface area (Å²) in [7, 11) is 0. The number of nitriles is 2. The summed E-state index contributed by atoms with van der Waals surface area (Å²) in [6, 6.07) is 22.7. The number of benzene rings is 4. The lowest BCUT2D eigenvalue weighted by molar-refractivity contribution is -0.142. The van der Waals surface area contributed by atoms with Gasteiger partial charge >= 0.3 is 12.6 Å². The molecule has 0 unspecified atom stereocenters. The fraction of sp³-hybridized carbons (Fsp3) is 0.370. The number of ether oxygens (including phenoxy) is 1. The Bertz CT molecular complexity index is 2690. The van der Waals surface area contributed by atoms with Gasteiger partial charge in [0, 0.05) is 41.8 Å². The maximum Gasteiger partial charge on any atom is 0.387 e. The summed E-state index contributed by atoms with van der Waals surface area (Å²) >= 11 is 0. The topological polar surface area (TPSA) is 153 Å². The highest BCUT2D eigenvalue weighted by molar-refractivity contribution is 5.86. The fourth-order valence-electron chi connectivity index (χ4n) is 9.58. The lowest BCUT2D eigenvalue weighted by atomic mass is 9.58. The number of oxazole rings is 2. The van der Waals surface area contributed by atoms with Crippen molar-refractivity contribution in [3.63, 3.8) is 0 Å². The molecule has 6 aromatic rings. The van der Waals surface area contributed by atoms with E-state index in [9.17, 15) is 29.2 Å². The van der Waals surface area contributed by atoms with Crippen LogP contribution in [0.2, 0.25) is 0 Å². The van der Waals surface area contributed by atoms with E-state index >= 15 is 0 Å². The number of aliphatic carboxylic acids is 1. The summed E-state index contributed by atoms with van der Waals surface area (Å²) in [6.07, 6.45) is 5.39. The van der Waals surface area contributed by atoms with Crippen molar-refractivity contribution >= 4 is 28.2 Å². The lowest BCUT2D eigenvalue weighted by Gasteiger charge is -2.50. The number of carboxylic acids is 1. The predicted octanol–water partition coefficient (Wildman–Crippen LogP) is 9.62. The number of aromatic nitrogens is 2. The Morgan fingerprint density at radius 1 is 0.915 bits per heavy atom. The number of carbonyl (C=O) groups is 1. The van der Waals surface area contributed by atoms with Crippen LogP contribution in [-0.2, 0) is 17.9 Å². The molecule has 1 spiro atoms. The Kier molecular flexibility index (Phi) is 9.90. The van der Waals surface area contributed by atoms with E-state index < -0.39 is 18.6 Å². The van der Waals surface area contributed by atoms with Gasteiger partial charge < -0.3 is 18.7 Å². The molecule has 4 aromatic carbocycles. The monoisotopic (exact) mass is 796 g/mol. The number of nitrogens with zero attached hydrogens (tertiary/aromatic N) is 6. The Labute approximate surface area is 339 Å². The molecule has 300 valence electrons. The SMILES string of the molecule is Cc1c(-c2nc3cc(CN4CCC[C@H]4C(=O)O)c(OC(F)F)cc3o2)cccc1-c1cccc(-c2nc3cc(CN4CCC5(CC4)CC(C#N)C5)cc(C#N)c3o2)c1C. The van der Waals surface area contributed by atoms with Gasteiger partial charge in [0.1, 0.15) is 28.9 Å². The molecule has 11 nitrogen and oxygen atoms in total. The summed E-state index contributed by atoms with van der Waals surface area (Å²) in [6.45, 7) is 4.19. The molecule has 0 bridgehead atoms. The van der Waals surface area contributed by atoms with E-state index in [4.69, 9.17) is 23.5 Å². The first-order chi connectivity index (χ1) is 28.5. The van der Waals surface area contributed by atoms with Crippen LogP contribution in [0.25, 0.3) is 56.2 Å². The van der Waals surface area contributed by atoms with Gasteiger partial charge in [0.15, 0.2) is 11.2 Å². The molecule has 3 fully saturated rings. The van der Waals surface area contributed by atoms with E-state index in [1.807, 2.05) is 62.4 Å². The number of likely N-dealkylation sites (tertiary alicyclic amines) is 2. The molecule has 1 saturated carbocycles. The van der Waals surface area contributed by atoms with Gasteiger partial charge in [0.2, 0.25) is 11.8 Å². The molecule has 2 aromatic heterocycles. The normalized spacial score (nSPS) is 18.4. The average molecular weight is 797 g/mol. The molecule has 9 rings (SSSR count). The number of piperidine rings is 1. The predicted molar refractivity (Wildman–Crippen MR) is 215 cm³/mol. The van der Waals surface area contributed by atoms with E-state index in [0.29, 0.717) is 76.4 Å². The van der Waals surface area contributed by atoms with E-state index in [0.717, 1.165) is 72.2 Å². The number of rotatable bonds is 10. The van der Waals surface area contributed by atoms with Crippen LogP contribution in [0.15, 0.2) is 69.5 Å². The summed E-state index contributed by atoms with van der Waals surface area (Å²) in [5.41, 5.74) is 9.13. The smallest absolute Gasteiger partial charge is 0.387 e. The van der Waals surface area contributed by atoms with Crippen LogP contribution < -0.4 is 4.74 Å². The quantitative estimate of drug-likeness (QED) is 0.141. The first-order valence-corrected chi connectivity index (χ1v) is 20.0. The summed E-state index contributed by atoms with van der Waals surface area (Å²) in [5.74, 6) is -0.105. The minimum Gasteiger partial charge on any atom is -0.480 e. The minimum absolute atomic E-state index is 0.0820. The molecule has 4 heterocycles. The highest BCUT2D eigenvalue weighted by atomic mass is 19.3. The highest BCUT2D eigenvalue weighted by Gasteiger charge is 2.45. The summed E-state index contributed by atoms with van der Waals surface area (Å²) < 4.78 is 44.5. The maximum atomic E-state index is 13.5. The molecule has 3 aliphatic rings. The van der Waals surface area contributed by atoms with Crippen molar-refractivity contribution in [1.29, 1.82) is 10.5 Å². The Morgan fingerprint density at radius 2 is 1.58 bits per heavy atom. The molecule has 2 saturated heterocycles. The molecule has 0 amide bonds. The third-order valence-corrected chi connectivity index (χ3v) is 12.8. The molecule has 2 aliphatic heterocycles. The van der Waals surface area contributed by atoms with Crippen molar-refractivity contribution in [2.45, 2.75) is 78.1 Å². The number of carboxylic acid groups (broad SMARTS) is 1. The van der Waals surface area contributed by atoms with E-state index in [2.05, 4.69) is 17.0 Å². The number of hydrogen-bond donors (Lipinski definition) is 1. The van der Waals surface area contributed by atoms with Crippen LogP contribution in [0.1, 0.15) is 66.3 Å². The van der Waals surface area contributed by atoms with Crippen molar-refractivity contribution in [2.75, 3.05) is 19.6 Å². The van der Waals surface area contributed by atoms with E-state index in [1.54, 1.807) is 11.0 Å². The number of hydrogen-bond acceptors (Lipinski definition) is 10. The second kappa shape index (κ2) is 15.2. The standard InChI is InChI=1S/C46H42F2N6O5/c1-26-32(6-3-8-34(26)42-51-36-18-31(25-54-13-5-10-38(54)44(55)56)39(58-45(47)48)19-40(36)57-42)33-7-4-9-35(27(33)2)43-52-37-17-28(16-30(23-50)41(37)59-43)24-53-14-11-46(12-15-53)20-29(21-46)22-49/h3-4,6-9,16-19,29,38,45H,5,10-15,20-21,24-25H2,1-2H3,(H,55,56)/t38-/m0/s1. The zero-order valence-electron chi connectivity index (χ0n) is 32.8. The van der Waals surface area contributed by atoms with Crippen LogP contribution in [0.4, 0.5) is 8.78 Å². The first-order valence-electron chi connectivity index (χ1n) is 20.0. The molecular weight excluding hydrogens is 755 g/mol. The van der Waals surface area contributed by atoms with Gasteiger partial charge in [-0.1, -0.05) is 24.3 Å². The van der Waals surface area contributed by atoms with Gasteiger partial charge in [-0.15, -0.1) is 0 Å². The van der Waals surface area contributed by atoms with Gasteiger partial charge in [0.25, 0.3) is 0 Å². The van der Waals surface area contributed by atoms with Crippen molar-refractivity contribution in [2.24, 2.45) is 11.3 Å². The highest BCUT2D eigenvalue weighted by Crippen LogP contribution is 2.52. The Hall–Kier alpha value is -6.15. The largest absolute Gasteiger partial charge is 0.480 e. The molecule has 1 N–H and O–H groups in total. The van der Waals surface area contributed by atoms with Crippen LogP contribution in [0.3, 0.4) is 0 Å². The zero-order valence-corrected chi connectivity index (χ0v) is 32.8. The summed E-state index contributed by atoms with van der Waals surface area (Å²) in [5, 5.41) is 29.1. The second-order valence-electron chi connectivity index (χ2n) is 16.4. The van der Waals surface area contributed by atoms with Gasteiger partial charge in [0.05, 0.1) is 11.6 Å². The minimum atomic E-state index is -3.08. The third kappa shape index (κ3) is 7.19. The van der Waals surface area contributed by atoms with Crippen LogP contribution in [0.5, 0.6) is 5.75 Å². The maximum absolute atomic E-state index is 13.5. The fourth-order valence-corrected chi connectivity index (χ4v) is 9.58. The zero-order chi connectivity index (χ0) is 41.0. The van der Waals surface area contributed by atoms with Crippen molar-refractivity contribution in [3.05, 3.63) is 88.5 Å². The molecular formula is C46H42F2N6O5. The third-order valence-electron chi connectivity index (χ3n) is 12.8. The number of fused-ring (bicyclic) bond motifs is 2. The lowest BCUT2D eigenvalue weighted by Crippen LogP contribution is -2.46. The second-order valence-corrected chi connectivity index (χ2v) is 16.4. The molecule has 59 heavy (non-hydrogen) atoms. The number of halogens is 2. The van der Waals surface area contributed by atoms with E-state index in [-0.39, 0.29) is 23.8 Å². The van der Waals surface area contributed by atoms with Gasteiger partial charge in [-0.05, 0) is 136 Å². The summed E-state index contributed by atoms with van der Waals surface area (Å²) in [4.78, 5) is 25.7. The van der Waals surface area contributed by atoms with Crippen LogP contribution in [0, 0.1) is 47.8 Å². The first kappa shape index (κ1) is 38.4. The molecule has 0 radical (unpaired) electrons. The van der Waals surface area contributed by atoms with Crippen molar-refractivity contribution in [3.8, 4) is 51.9 Å². The van der Waals surface area contributed by atoms with Crippen LogP contribution in [-0.4, -0.2) is 63.1 Å². The molecule has 13 heteroatoms. The Balaban J connectivity index is 0.995. The van der Waals surface area contributed by atoms with Crippen molar-refractivity contribution in [1.82, 2.24) is 19.8 Å². The molecule has 1 aliphatic carbocycles. The number of alkyl halides is 2. The molecule has 1 atom stereocenters. The van der Waals surface area contributed by atoms with Crippen molar-refractivity contribution < 1.29 is 32.3 Å². The average Bonchev–Trinajstić information content (AvgIpc) is 3.96. The van der Waals surface area contributed by atoms with Gasteiger partial charge in [-0.3, -0.25) is 14.6 Å². The van der Waals surface area contributed by atoms with Gasteiger partial charge in [-0.25, -0.2) is 9.97 Å².